The summed E-state index contributed by atoms with van der Waals surface area (Å²) in [6, 6.07) is 9.03. The number of anilines is 1. The van der Waals surface area contributed by atoms with E-state index >= 15 is 0 Å². The molecule has 1 aliphatic rings. The number of nitrogens with one attached hydrogen (secondary N) is 2. The van der Waals surface area contributed by atoms with Crippen LogP contribution in [0.3, 0.4) is 0 Å². The highest BCUT2D eigenvalue weighted by atomic mass is 35.5. The van der Waals surface area contributed by atoms with Crippen LogP contribution in [0.2, 0.25) is 5.02 Å². The molecule has 0 aliphatic carbocycles. The Hall–Kier alpha value is -1.63. The highest BCUT2D eigenvalue weighted by Gasteiger charge is 2.24. The van der Waals surface area contributed by atoms with E-state index in [0.29, 0.717) is 27.7 Å². The number of rotatable bonds is 4. The van der Waals surface area contributed by atoms with Crippen LogP contribution < -0.4 is 16.1 Å². The van der Waals surface area contributed by atoms with Crippen LogP contribution in [0.25, 0.3) is 11.0 Å². The number of para-hydroxylation sites is 1. The van der Waals surface area contributed by atoms with Gasteiger partial charge < -0.3 is 14.4 Å². The number of hydrogen-bond acceptors (Lipinski definition) is 5. The number of aromatic nitrogens is 3. The third-order valence-corrected chi connectivity index (χ3v) is 7.16. The van der Waals surface area contributed by atoms with Crippen molar-refractivity contribution >= 4 is 71.9 Å². The molecule has 0 radical (unpaired) electrons. The van der Waals surface area contributed by atoms with Crippen molar-refractivity contribution in [1.82, 2.24) is 19.9 Å². The fraction of sp³-hybridized carbons (Fsp3) is 0.409. The second kappa shape index (κ2) is 11.2. The van der Waals surface area contributed by atoms with E-state index in [0.717, 1.165) is 43.4 Å². The molecule has 11 heteroatoms. The molecule has 1 saturated heterocycles. The summed E-state index contributed by atoms with van der Waals surface area (Å²) in [6.07, 6.45) is 3.18. The van der Waals surface area contributed by atoms with Gasteiger partial charge in [0.1, 0.15) is 12.6 Å². The van der Waals surface area contributed by atoms with E-state index in [4.69, 9.17) is 11.6 Å². The zero-order valence-electron chi connectivity index (χ0n) is 18.8. The van der Waals surface area contributed by atoms with Crippen molar-refractivity contribution in [3.05, 3.63) is 46.6 Å². The van der Waals surface area contributed by atoms with Crippen molar-refractivity contribution in [3.8, 4) is 0 Å². The van der Waals surface area contributed by atoms with E-state index in [1.807, 2.05) is 22.8 Å². The number of amides is 1. The van der Waals surface area contributed by atoms with Crippen molar-refractivity contribution in [2.75, 3.05) is 31.7 Å². The molecule has 7 nitrogen and oxygen atoms in total. The maximum absolute atomic E-state index is 13.2. The van der Waals surface area contributed by atoms with Gasteiger partial charge in [-0.3, -0.25) is 15.1 Å². The Kier molecular flexibility index (Phi) is 9.37. The van der Waals surface area contributed by atoms with Crippen LogP contribution in [-0.4, -0.2) is 46.9 Å². The molecule has 33 heavy (non-hydrogen) atoms. The van der Waals surface area contributed by atoms with Gasteiger partial charge in [-0.2, -0.15) is 0 Å². The van der Waals surface area contributed by atoms with Crippen molar-refractivity contribution in [2.45, 2.75) is 32.2 Å². The fourth-order valence-corrected chi connectivity index (χ4v) is 5.11. The maximum Gasteiger partial charge on any atom is 0.258 e. The monoisotopic (exact) mass is 531 g/mol. The van der Waals surface area contributed by atoms with Crippen molar-refractivity contribution < 1.29 is 9.36 Å². The molecule has 2 N–H and O–H groups in total. The molecule has 180 valence electrons. The third kappa shape index (κ3) is 6.09. The van der Waals surface area contributed by atoms with E-state index in [2.05, 4.69) is 20.6 Å². The number of hydrogen-bond donors (Lipinski definition) is 2. The van der Waals surface area contributed by atoms with Gasteiger partial charge in [0.2, 0.25) is 5.95 Å². The van der Waals surface area contributed by atoms with Crippen LogP contribution in [0, 0.1) is 6.92 Å². The minimum absolute atomic E-state index is 0. The smallest absolute Gasteiger partial charge is 0.258 e. The van der Waals surface area contributed by atoms with Gasteiger partial charge in [-0.1, -0.05) is 24.1 Å². The molecule has 0 spiro atoms. The molecule has 0 saturated carbocycles. The topological polar surface area (TPSA) is 88.9 Å². The number of carbonyl (C=O) groups excluding carboxylic acids is 1. The minimum Gasteiger partial charge on any atom is -0.318 e. The van der Waals surface area contributed by atoms with Crippen molar-refractivity contribution in [1.29, 1.82) is 0 Å². The summed E-state index contributed by atoms with van der Waals surface area (Å²) in [7, 11) is -2.60. The number of pyridine rings is 1. The Balaban J connectivity index is 0.00000193. The molecule has 1 aromatic carbocycles. The van der Waals surface area contributed by atoms with Crippen molar-refractivity contribution in [3.63, 3.8) is 0 Å². The number of benzene rings is 1. The lowest BCUT2D eigenvalue weighted by Gasteiger charge is -2.21. The Bertz CT molecular complexity index is 1190. The maximum atomic E-state index is 13.2. The Labute approximate surface area is 211 Å². The zero-order valence-corrected chi connectivity index (χ0v) is 22.1. The molecule has 3 heterocycles. The molecule has 1 atom stereocenters. The number of halogens is 3. The summed E-state index contributed by atoms with van der Waals surface area (Å²) < 4.78 is 14.6. The Morgan fingerprint density at radius 1 is 1.21 bits per heavy atom. The van der Waals surface area contributed by atoms with Crippen LogP contribution >= 0.6 is 43.6 Å². The summed E-state index contributed by atoms with van der Waals surface area (Å²) in [5.41, 5.74) is 3.07. The summed E-state index contributed by atoms with van der Waals surface area (Å²) in [5.74, 6) is 0.156. The molecule has 2 aromatic heterocycles. The lowest BCUT2D eigenvalue weighted by molar-refractivity contribution is 0.102. The first kappa shape index (κ1) is 27.6. The van der Waals surface area contributed by atoms with Crippen LogP contribution in [0.15, 0.2) is 30.3 Å². The van der Waals surface area contributed by atoms with Gasteiger partial charge in [-0.15, -0.1) is 24.8 Å². The lowest BCUT2D eigenvalue weighted by Crippen LogP contribution is -2.26. The molecule has 1 unspecified atom stereocenters. The summed E-state index contributed by atoms with van der Waals surface area (Å²) in [4.78, 5) is 22.2. The summed E-state index contributed by atoms with van der Waals surface area (Å²) >= 11 is 6.55. The average Bonchev–Trinajstić information content (AvgIpc) is 2.87. The van der Waals surface area contributed by atoms with Gasteiger partial charge in [0, 0.05) is 23.8 Å². The molecule has 1 fully saturated rings. The Morgan fingerprint density at radius 2 is 1.97 bits per heavy atom. The third-order valence-electron chi connectivity index (χ3n) is 5.53. The van der Waals surface area contributed by atoms with Crippen LogP contribution in [-0.2, 0) is 4.57 Å². The Morgan fingerprint density at radius 3 is 2.70 bits per heavy atom. The normalized spacial score (nSPS) is 16.4. The molecule has 1 aliphatic heterocycles. The largest absolute Gasteiger partial charge is 0.318 e. The molecular formula is C22H29Cl3N5O2P. The van der Waals surface area contributed by atoms with E-state index in [9.17, 15) is 9.36 Å². The molecular weight excluding hydrogens is 504 g/mol. The molecule has 1 amide bonds. The number of imidazole rings is 1. The number of fused-ring (bicyclic) bond motifs is 1. The first-order chi connectivity index (χ1) is 14.7. The second-order valence-electron chi connectivity index (χ2n) is 8.43. The van der Waals surface area contributed by atoms with E-state index < -0.39 is 7.14 Å². The first-order valence-corrected chi connectivity index (χ1v) is 13.4. The lowest BCUT2D eigenvalue weighted by atomic mass is 10.1. The van der Waals surface area contributed by atoms with Gasteiger partial charge in [0.15, 0.2) is 0 Å². The van der Waals surface area contributed by atoms with Crippen LogP contribution in [0.1, 0.15) is 41.4 Å². The predicted molar refractivity (Wildman–Crippen MR) is 141 cm³/mol. The highest BCUT2D eigenvalue weighted by Crippen LogP contribution is 2.35. The van der Waals surface area contributed by atoms with Gasteiger partial charge in [0.25, 0.3) is 5.91 Å². The summed E-state index contributed by atoms with van der Waals surface area (Å²) in [6.45, 7) is 6.86. The molecule has 4 rings (SSSR count). The first-order valence-electron chi connectivity index (χ1n) is 10.5. The SMILES string of the molecule is Cc1cc(C(=O)Nc2nc3cccc(Cl)c3n2C2CCCCNC2)cc(P(C)(C)=O)n1.Cl.Cl. The highest BCUT2D eigenvalue weighted by molar-refractivity contribution is 7.69. The zero-order chi connectivity index (χ0) is 22.2. The number of carbonyl (C=O) groups is 1. The quantitative estimate of drug-likeness (QED) is 0.459. The fourth-order valence-electron chi connectivity index (χ4n) is 4.00. The van der Waals surface area contributed by atoms with Gasteiger partial charge in [-0.05, 0) is 63.9 Å². The average molecular weight is 533 g/mol. The number of aryl methyl sites for hydroxylation is 1. The number of nitrogens with zero attached hydrogens (tertiary/aromatic N) is 3. The van der Waals surface area contributed by atoms with E-state index in [1.165, 1.54) is 0 Å². The van der Waals surface area contributed by atoms with Gasteiger partial charge >= 0.3 is 0 Å². The van der Waals surface area contributed by atoms with Gasteiger partial charge in [0.05, 0.1) is 16.1 Å². The van der Waals surface area contributed by atoms with Crippen molar-refractivity contribution in [2.24, 2.45) is 0 Å². The standard InChI is InChI=1S/C22H27ClN5O2P.2ClH/c1-14-11-15(12-19(25-14)31(2,3)30)21(29)27-22-26-18-9-6-8-17(23)20(18)28(22)16-7-4-5-10-24-13-16;;/h6,8-9,11-12,16,24H,4-5,7,10,13H2,1-3H3,(H,26,27,29);2*1H. The minimum atomic E-state index is -2.60. The van der Waals surface area contributed by atoms with Crippen LogP contribution in [0.5, 0.6) is 0 Å². The summed E-state index contributed by atoms with van der Waals surface area (Å²) in [5, 5.41) is 7.05. The van der Waals surface area contributed by atoms with E-state index in [1.54, 1.807) is 32.4 Å². The van der Waals surface area contributed by atoms with Crippen LogP contribution in [0.4, 0.5) is 5.95 Å². The second-order valence-corrected chi connectivity index (χ2v) is 12.0. The predicted octanol–water partition coefficient (Wildman–Crippen LogP) is 5.05. The van der Waals surface area contributed by atoms with Gasteiger partial charge in [-0.25, -0.2) is 4.98 Å². The van der Waals surface area contributed by atoms with E-state index in [-0.39, 0.29) is 36.8 Å². The molecule has 0 bridgehead atoms. The molecule has 3 aromatic rings.